The van der Waals surface area contributed by atoms with Gasteiger partial charge in [-0.05, 0) is 48.4 Å². The van der Waals surface area contributed by atoms with Gasteiger partial charge in [-0.15, -0.1) is 0 Å². The third-order valence-electron chi connectivity index (χ3n) is 5.66. The zero-order valence-corrected chi connectivity index (χ0v) is 16.6. The Hall–Kier alpha value is -3.81. The molecule has 8 nitrogen and oxygen atoms in total. The van der Waals surface area contributed by atoms with Crippen LogP contribution in [0, 0.1) is 0 Å². The Morgan fingerprint density at radius 2 is 1.97 bits per heavy atom. The molecule has 0 saturated heterocycles. The van der Waals surface area contributed by atoms with Crippen LogP contribution in [0.1, 0.15) is 26.3 Å². The molecule has 2 aliphatic heterocycles. The Bertz CT molecular complexity index is 1170. The van der Waals surface area contributed by atoms with Crippen LogP contribution >= 0.6 is 0 Å². The number of anilines is 4. The minimum atomic E-state index is -0.248. The molecule has 5 rings (SSSR count). The van der Waals surface area contributed by atoms with E-state index in [-0.39, 0.29) is 11.8 Å². The molecule has 0 radical (unpaired) electrons. The molecule has 30 heavy (non-hydrogen) atoms. The lowest BCUT2D eigenvalue weighted by atomic mass is 9.98. The summed E-state index contributed by atoms with van der Waals surface area (Å²) in [6, 6.07) is 14.7. The molecule has 3 aromatic rings. The second-order valence-electron chi connectivity index (χ2n) is 7.66. The van der Waals surface area contributed by atoms with Crippen molar-refractivity contribution in [2.45, 2.75) is 13.0 Å². The van der Waals surface area contributed by atoms with Crippen molar-refractivity contribution in [3.8, 4) is 0 Å². The lowest BCUT2D eigenvalue weighted by Crippen LogP contribution is -2.34. The molecule has 1 aromatic heterocycles. The Morgan fingerprint density at radius 1 is 1.10 bits per heavy atom. The van der Waals surface area contributed by atoms with Gasteiger partial charge in [-0.2, -0.15) is 5.10 Å². The first-order valence-electron chi connectivity index (χ1n) is 9.90. The molecule has 3 N–H and O–H groups in total. The van der Waals surface area contributed by atoms with E-state index in [1.54, 1.807) is 29.2 Å². The molecular formula is C22H22N6O2. The molecule has 0 bridgehead atoms. The second-order valence-corrected chi connectivity index (χ2v) is 7.66. The van der Waals surface area contributed by atoms with Gasteiger partial charge in [0.2, 0.25) is 0 Å². The molecule has 0 spiro atoms. The number of nitrogens with zero attached hydrogens (tertiary/aromatic N) is 4. The van der Waals surface area contributed by atoms with E-state index in [4.69, 9.17) is 5.73 Å². The quantitative estimate of drug-likeness (QED) is 0.656. The van der Waals surface area contributed by atoms with Crippen molar-refractivity contribution in [1.29, 1.82) is 0 Å². The largest absolute Gasteiger partial charge is 0.399 e. The minimum absolute atomic E-state index is 0.0702. The fraction of sp³-hybridized carbons (Fsp3) is 0.227. The Balaban J connectivity index is 1.39. The molecule has 152 valence electrons. The van der Waals surface area contributed by atoms with Crippen LogP contribution in [0.2, 0.25) is 0 Å². The topological polar surface area (TPSA) is 96.5 Å². The lowest BCUT2D eigenvalue weighted by molar-refractivity contribution is 0.0780. The number of rotatable bonds is 3. The van der Waals surface area contributed by atoms with Gasteiger partial charge in [-0.25, -0.2) is 4.68 Å². The highest BCUT2D eigenvalue weighted by Crippen LogP contribution is 2.34. The predicted molar refractivity (Wildman–Crippen MR) is 115 cm³/mol. The maximum absolute atomic E-state index is 12.5. The number of carbonyl (C=O) groups is 2. The van der Waals surface area contributed by atoms with Gasteiger partial charge in [0.25, 0.3) is 11.8 Å². The van der Waals surface area contributed by atoms with Crippen LogP contribution in [-0.2, 0) is 13.0 Å². The number of nitrogens with two attached hydrogens (primary N) is 1. The van der Waals surface area contributed by atoms with Crippen molar-refractivity contribution < 1.29 is 9.59 Å². The van der Waals surface area contributed by atoms with E-state index in [1.165, 1.54) is 0 Å². The molecule has 0 atom stereocenters. The van der Waals surface area contributed by atoms with Crippen LogP contribution < -0.4 is 16.0 Å². The van der Waals surface area contributed by atoms with E-state index in [0.29, 0.717) is 17.1 Å². The van der Waals surface area contributed by atoms with Gasteiger partial charge in [-0.3, -0.25) is 9.59 Å². The highest BCUT2D eigenvalue weighted by Gasteiger charge is 2.26. The second kappa shape index (κ2) is 6.91. The average molecular weight is 402 g/mol. The fourth-order valence-corrected chi connectivity index (χ4v) is 4.05. The summed E-state index contributed by atoms with van der Waals surface area (Å²) < 4.78 is 1.88. The number of amides is 2. The van der Waals surface area contributed by atoms with Gasteiger partial charge in [0, 0.05) is 48.7 Å². The molecular weight excluding hydrogens is 380 g/mol. The third kappa shape index (κ3) is 3.06. The van der Waals surface area contributed by atoms with E-state index in [9.17, 15) is 9.59 Å². The number of nitrogen functional groups attached to an aromatic ring is 1. The fourth-order valence-electron chi connectivity index (χ4n) is 4.05. The summed E-state index contributed by atoms with van der Waals surface area (Å²) in [5.74, 6) is 1.23. The van der Waals surface area contributed by atoms with Crippen LogP contribution in [0.5, 0.6) is 0 Å². The SMILES string of the molecule is CN1CCc2cc(N3CCn4nc(NC(=O)c5cccc(N)c5)cc43)ccc2C1=O. The predicted octanol–water partition coefficient (Wildman–Crippen LogP) is 2.50. The van der Waals surface area contributed by atoms with Crippen molar-refractivity contribution in [2.75, 3.05) is 36.1 Å². The molecule has 0 aliphatic carbocycles. The Labute approximate surface area is 173 Å². The monoisotopic (exact) mass is 402 g/mol. The van der Waals surface area contributed by atoms with Crippen LogP contribution in [0.3, 0.4) is 0 Å². The smallest absolute Gasteiger partial charge is 0.256 e. The molecule has 0 saturated carbocycles. The number of likely N-dealkylation sites (N-methyl/N-ethyl adjacent to an activating group) is 1. The molecule has 2 amide bonds. The molecule has 0 unspecified atom stereocenters. The summed E-state index contributed by atoms with van der Waals surface area (Å²) in [5, 5.41) is 7.36. The van der Waals surface area contributed by atoms with Crippen molar-refractivity contribution in [3.05, 3.63) is 65.2 Å². The molecule has 2 aromatic carbocycles. The zero-order chi connectivity index (χ0) is 20.8. The summed E-state index contributed by atoms with van der Waals surface area (Å²) in [6.45, 7) is 2.24. The van der Waals surface area contributed by atoms with Crippen molar-refractivity contribution in [1.82, 2.24) is 14.7 Å². The summed E-state index contributed by atoms with van der Waals surface area (Å²) in [5.41, 5.74) is 9.67. The summed E-state index contributed by atoms with van der Waals surface area (Å²) in [4.78, 5) is 28.7. The van der Waals surface area contributed by atoms with Crippen LogP contribution in [0.4, 0.5) is 23.0 Å². The summed E-state index contributed by atoms with van der Waals surface area (Å²) in [7, 11) is 1.83. The van der Waals surface area contributed by atoms with Gasteiger partial charge in [-0.1, -0.05) is 6.07 Å². The van der Waals surface area contributed by atoms with E-state index in [2.05, 4.69) is 21.4 Å². The van der Waals surface area contributed by atoms with Crippen molar-refractivity contribution >= 4 is 34.8 Å². The number of aromatic nitrogens is 2. The van der Waals surface area contributed by atoms with Gasteiger partial charge in [0.05, 0.1) is 6.54 Å². The number of carbonyl (C=O) groups excluding carboxylic acids is 2. The van der Waals surface area contributed by atoms with Gasteiger partial charge in [0.15, 0.2) is 5.82 Å². The van der Waals surface area contributed by atoms with Gasteiger partial charge < -0.3 is 20.9 Å². The zero-order valence-electron chi connectivity index (χ0n) is 16.6. The van der Waals surface area contributed by atoms with Crippen LogP contribution in [0.15, 0.2) is 48.5 Å². The molecule has 8 heteroatoms. The summed E-state index contributed by atoms with van der Waals surface area (Å²) in [6.07, 6.45) is 0.847. The number of benzene rings is 2. The van der Waals surface area contributed by atoms with Crippen LogP contribution in [0.25, 0.3) is 0 Å². The number of fused-ring (bicyclic) bond motifs is 2. The highest BCUT2D eigenvalue weighted by atomic mass is 16.2. The number of hydrogen-bond acceptors (Lipinski definition) is 5. The Morgan fingerprint density at radius 3 is 2.80 bits per heavy atom. The number of hydrogen-bond donors (Lipinski definition) is 2. The van der Waals surface area contributed by atoms with E-state index < -0.39 is 0 Å². The van der Waals surface area contributed by atoms with E-state index in [1.807, 2.05) is 29.9 Å². The number of nitrogens with one attached hydrogen (secondary N) is 1. The average Bonchev–Trinajstić information content (AvgIpc) is 3.30. The summed E-state index contributed by atoms with van der Waals surface area (Å²) >= 11 is 0. The Kier molecular flexibility index (Phi) is 4.20. The van der Waals surface area contributed by atoms with Crippen LogP contribution in [-0.4, -0.2) is 46.6 Å². The minimum Gasteiger partial charge on any atom is -0.399 e. The standard InChI is InChI=1S/C22H22N6O2/c1-26-8-7-14-12-17(5-6-18(14)22(26)30)27-9-10-28-20(27)13-19(25-28)24-21(29)15-3-2-4-16(23)11-15/h2-6,11-13H,7-10,23H2,1H3,(H,24,25,29). The first-order chi connectivity index (χ1) is 14.5. The first kappa shape index (κ1) is 18.2. The van der Waals surface area contributed by atoms with Gasteiger partial charge >= 0.3 is 0 Å². The highest BCUT2D eigenvalue weighted by molar-refractivity contribution is 6.04. The van der Waals surface area contributed by atoms with Crippen molar-refractivity contribution in [2.24, 2.45) is 0 Å². The third-order valence-corrected chi connectivity index (χ3v) is 5.66. The maximum Gasteiger partial charge on any atom is 0.256 e. The normalized spacial score (nSPS) is 15.2. The maximum atomic E-state index is 12.5. The first-order valence-corrected chi connectivity index (χ1v) is 9.90. The molecule has 3 heterocycles. The van der Waals surface area contributed by atoms with Gasteiger partial charge in [0.1, 0.15) is 5.82 Å². The van der Waals surface area contributed by atoms with Crippen molar-refractivity contribution in [3.63, 3.8) is 0 Å². The van der Waals surface area contributed by atoms with E-state index in [0.717, 1.165) is 48.7 Å². The van der Waals surface area contributed by atoms with E-state index >= 15 is 0 Å². The molecule has 0 fully saturated rings. The lowest BCUT2D eigenvalue weighted by Gasteiger charge is -2.26. The molecule has 2 aliphatic rings.